The summed E-state index contributed by atoms with van der Waals surface area (Å²) in [6.45, 7) is 3.28. The predicted octanol–water partition coefficient (Wildman–Crippen LogP) is 3.00. The molecule has 2 N–H and O–H groups in total. The van der Waals surface area contributed by atoms with E-state index in [1.54, 1.807) is 13.8 Å². The zero-order valence-corrected chi connectivity index (χ0v) is 12.8. The number of carboxylic acids is 1. The molecule has 2 rings (SSSR count). The molecule has 0 bridgehead atoms. The van der Waals surface area contributed by atoms with Crippen molar-refractivity contribution in [3.05, 3.63) is 46.1 Å². The fraction of sp³-hybridized carbons (Fsp3) is 0.154. The van der Waals surface area contributed by atoms with E-state index in [0.29, 0.717) is 10.4 Å². The second kappa shape index (κ2) is 5.45. The van der Waals surface area contributed by atoms with Gasteiger partial charge in [-0.15, -0.1) is 11.3 Å². The van der Waals surface area contributed by atoms with Gasteiger partial charge in [0.15, 0.2) is 0 Å². The number of thiophene rings is 1. The molecular formula is C13H12FNO4S2. The molecule has 0 spiro atoms. The summed E-state index contributed by atoms with van der Waals surface area (Å²) in [6.07, 6.45) is 0. The summed E-state index contributed by atoms with van der Waals surface area (Å²) in [5.74, 6) is -2.13. The lowest BCUT2D eigenvalue weighted by molar-refractivity contribution is 0.0697. The summed E-state index contributed by atoms with van der Waals surface area (Å²) in [6, 6.07) is 4.90. The molecule has 0 aliphatic rings. The number of rotatable bonds is 4. The van der Waals surface area contributed by atoms with Gasteiger partial charge in [0.05, 0.1) is 5.56 Å². The molecule has 1 heterocycles. The largest absolute Gasteiger partial charge is 0.478 e. The summed E-state index contributed by atoms with van der Waals surface area (Å²) in [4.78, 5) is 11.4. The van der Waals surface area contributed by atoms with Crippen molar-refractivity contribution < 1.29 is 22.7 Å². The van der Waals surface area contributed by atoms with Crippen molar-refractivity contribution in [2.45, 2.75) is 18.7 Å². The number of aromatic carboxylic acids is 1. The topological polar surface area (TPSA) is 83.5 Å². The van der Waals surface area contributed by atoms with E-state index < -0.39 is 26.7 Å². The number of aryl methyl sites for hydroxylation is 1. The lowest BCUT2D eigenvalue weighted by Gasteiger charge is -2.08. The Labute approximate surface area is 125 Å². The number of nitrogens with one attached hydrogen (secondary N) is 1. The Hall–Kier alpha value is -1.93. The van der Waals surface area contributed by atoms with Crippen LogP contribution in [0.2, 0.25) is 0 Å². The van der Waals surface area contributed by atoms with Crippen LogP contribution in [0.5, 0.6) is 0 Å². The normalized spacial score (nSPS) is 11.4. The van der Waals surface area contributed by atoms with Gasteiger partial charge in [0.2, 0.25) is 0 Å². The smallest absolute Gasteiger partial charge is 0.339 e. The average molecular weight is 329 g/mol. The first-order valence-corrected chi connectivity index (χ1v) is 8.14. The molecule has 0 radical (unpaired) electrons. The highest BCUT2D eigenvalue weighted by atomic mass is 32.2. The highest BCUT2D eigenvalue weighted by molar-refractivity contribution is 7.93. The summed E-state index contributed by atoms with van der Waals surface area (Å²) in [7, 11) is -4.18. The molecule has 0 aliphatic carbocycles. The first-order valence-electron chi connectivity index (χ1n) is 5.84. The van der Waals surface area contributed by atoms with Crippen LogP contribution >= 0.6 is 11.3 Å². The van der Waals surface area contributed by atoms with Gasteiger partial charge in [-0.3, -0.25) is 4.72 Å². The predicted molar refractivity (Wildman–Crippen MR) is 78.0 cm³/mol. The lowest BCUT2D eigenvalue weighted by atomic mass is 10.2. The van der Waals surface area contributed by atoms with Gasteiger partial charge in [-0.2, -0.15) is 0 Å². The first kappa shape index (κ1) is 15.5. The molecule has 0 aliphatic heterocycles. The van der Waals surface area contributed by atoms with E-state index >= 15 is 0 Å². The van der Waals surface area contributed by atoms with Gasteiger partial charge in [-0.25, -0.2) is 17.6 Å². The number of hydrogen-bond acceptors (Lipinski definition) is 4. The Balaban J connectivity index is 2.50. The molecule has 2 aromatic rings. The molecule has 1 aromatic carbocycles. The Bertz CT molecular complexity index is 812. The Kier molecular flexibility index (Phi) is 4.02. The molecule has 21 heavy (non-hydrogen) atoms. The highest BCUT2D eigenvalue weighted by Gasteiger charge is 2.25. The third kappa shape index (κ3) is 2.91. The number of carbonyl (C=O) groups is 1. The molecule has 0 unspecified atom stereocenters. The van der Waals surface area contributed by atoms with Crippen LogP contribution in [-0.4, -0.2) is 19.5 Å². The average Bonchev–Trinajstić information content (AvgIpc) is 2.64. The minimum Gasteiger partial charge on any atom is -0.478 e. The fourth-order valence-corrected chi connectivity index (χ4v) is 4.23. The number of benzene rings is 1. The van der Waals surface area contributed by atoms with E-state index in [1.807, 2.05) is 0 Å². The van der Waals surface area contributed by atoms with Crippen molar-refractivity contribution in [3.63, 3.8) is 0 Å². The summed E-state index contributed by atoms with van der Waals surface area (Å²) >= 11 is 1.00. The summed E-state index contributed by atoms with van der Waals surface area (Å²) in [5.41, 5.74) is 0.371. The molecule has 0 saturated carbocycles. The number of halogens is 1. The summed E-state index contributed by atoms with van der Waals surface area (Å²) < 4.78 is 40.1. The van der Waals surface area contributed by atoms with Gasteiger partial charge in [0.25, 0.3) is 10.0 Å². The third-order valence-electron chi connectivity index (χ3n) is 2.95. The van der Waals surface area contributed by atoms with Crippen LogP contribution in [0.1, 0.15) is 20.8 Å². The Morgan fingerprint density at radius 1 is 1.29 bits per heavy atom. The van der Waals surface area contributed by atoms with Crippen molar-refractivity contribution >= 4 is 32.3 Å². The molecule has 0 saturated heterocycles. The fourth-order valence-electron chi connectivity index (χ4n) is 1.80. The molecule has 8 heteroatoms. The third-order valence-corrected chi connectivity index (χ3v) is 5.59. The maximum atomic E-state index is 13.6. The second-order valence-corrected chi connectivity index (χ2v) is 7.20. The number of sulfonamides is 1. The highest BCUT2D eigenvalue weighted by Crippen LogP contribution is 2.34. The minimum atomic E-state index is -4.18. The van der Waals surface area contributed by atoms with Crippen LogP contribution in [0, 0.1) is 19.7 Å². The van der Waals surface area contributed by atoms with E-state index in [-0.39, 0.29) is 10.6 Å². The van der Waals surface area contributed by atoms with Gasteiger partial charge in [0, 0.05) is 4.88 Å². The SMILES string of the molecule is Cc1sc(NS(=O)(=O)c2ccccc2F)c(C(=O)O)c1C. The van der Waals surface area contributed by atoms with Crippen molar-refractivity contribution in [1.29, 1.82) is 0 Å². The van der Waals surface area contributed by atoms with Gasteiger partial charge >= 0.3 is 5.97 Å². The van der Waals surface area contributed by atoms with E-state index in [2.05, 4.69) is 4.72 Å². The monoisotopic (exact) mass is 329 g/mol. The maximum Gasteiger partial charge on any atom is 0.339 e. The lowest BCUT2D eigenvalue weighted by Crippen LogP contribution is -2.15. The van der Waals surface area contributed by atoms with E-state index in [1.165, 1.54) is 12.1 Å². The number of hydrogen-bond donors (Lipinski definition) is 2. The zero-order chi connectivity index (χ0) is 15.8. The first-order chi connectivity index (χ1) is 9.74. The van der Waals surface area contributed by atoms with Gasteiger partial charge in [-0.1, -0.05) is 12.1 Å². The van der Waals surface area contributed by atoms with E-state index in [0.717, 1.165) is 23.5 Å². The van der Waals surface area contributed by atoms with Crippen LogP contribution in [0.4, 0.5) is 9.39 Å². The van der Waals surface area contributed by atoms with Gasteiger partial charge in [-0.05, 0) is 31.5 Å². The Morgan fingerprint density at radius 2 is 1.90 bits per heavy atom. The number of carboxylic acid groups (broad SMARTS) is 1. The van der Waals surface area contributed by atoms with Crippen LogP contribution in [0.15, 0.2) is 29.2 Å². The van der Waals surface area contributed by atoms with Crippen molar-refractivity contribution in [3.8, 4) is 0 Å². The zero-order valence-electron chi connectivity index (χ0n) is 11.2. The van der Waals surface area contributed by atoms with Crippen LogP contribution in [0.3, 0.4) is 0 Å². The molecule has 112 valence electrons. The standard InChI is InChI=1S/C13H12FNO4S2/c1-7-8(2)20-12(11(7)13(16)17)15-21(18,19)10-6-4-3-5-9(10)14/h3-6,15H,1-2H3,(H,16,17). The van der Waals surface area contributed by atoms with Gasteiger partial charge < -0.3 is 5.11 Å². The van der Waals surface area contributed by atoms with Crippen LogP contribution in [0.25, 0.3) is 0 Å². The van der Waals surface area contributed by atoms with E-state index in [4.69, 9.17) is 0 Å². The number of anilines is 1. The minimum absolute atomic E-state index is 0.0271. The van der Waals surface area contributed by atoms with E-state index in [9.17, 15) is 22.7 Å². The van der Waals surface area contributed by atoms with Crippen molar-refractivity contribution in [1.82, 2.24) is 0 Å². The van der Waals surface area contributed by atoms with Crippen molar-refractivity contribution in [2.75, 3.05) is 4.72 Å². The van der Waals surface area contributed by atoms with Crippen LogP contribution < -0.4 is 4.72 Å². The second-order valence-electron chi connectivity index (χ2n) is 4.33. The quantitative estimate of drug-likeness (QED) is 0.903. The molecule has 0 amide bonds. The van der Waals surface area contributed by atoms with Gasteiger partial charge in [0.1, 0.15) is 15.7 Å². The van der Waals surface area contributed by atoms with Crippen LogP contribution in [-0.2, 0) is 10.0 Å². The molecule has 5 nitrogen and oxygen atoms in total. The molecular weight excluding hydrogens is 317 g/mol. The maximum absolute atomic E-state index is 13.6. The molecule has 1 aromatic heterocycles. The summed E-state index contributed by atoms with van der Waals surface area (Å²) in [5, 5.41) is 9.15. The molecule has 0 atom stereocenters. The Morgan fingerprint density at radius 3 is 2.48 bits per heavy atom. The van der Waals surface area contributed by atoms with Crippen molar-refractivity contribution in [2.24, 2.45) is 0 Å². The molecule has 0 fully saturated rings.